The van der Waals surface area contributed by atoms with Gasteiger partial charge in [0.2, 0.25) is 0 Å². The minimum Gasteiger partial charge on any atom is -0.379 e. The number of nitrogens with one attached hydrogen (secondary N) is 4. The maximum absolute atomic E-state index is 13.1. The molecule has 0 radical (unpaired) electrons. The topological polar surface area (TPSA) is 125 Å². The first-order valence-corrected chi connectivity index (χ1v) is 14.0. The van der Waals surface area contributed by atoms with Crippen LogP contribution in [0.4, 0.5) is 17.2 Å². The number of fused-ring (bicyclic) bond motifs is 1. The summed E-state index contributed by atoms with van der Waals surface area (Å²) in [5, 5.41) is 18.4. The second kappa shape index (κ2) is 10.9. The first-order valence-electron chi connectivity index (χ1n) is 13.6. The Hall–Kier alpha value is -3.24. The number of carbonyl (C=O) groups is 2. The molecule has 6 rings (SSSR count). The van der Waals surface area contributed by atoms with Gasteiger partial charge in [0.25, 0.3) is 5.91 Å². The SMILES string of the molecule is O=C(Nc1ccnc(Cl)c1)c1cnc2c(NC3CC3)cc(NC3CCC(CC(=O)[C@@H]4CCCN4)CC3)nn12. The summed E-state index contributed by atoms with van der Waals surface area (Å²) < 4.78 is 1.60. The molecular weight excluding hydrogens is 504 g/mol. The molecule has 3 aliphatic rings. The number of hydrogen-bond acceptors (Lipinski definition) is 8. The van der Waals surface area contributed by atoms with Crippen LogP contribution in [0.5, 0.6) is 0 Å². The van der Waals surface area contributed by atoms with Crippen molar-refractivity contribution < 1.29 is 9.59 Å². The normalized spacial score (nSPS) is 23.3. The van der Waals surface area contributed by atoms with Crippen LogP contribution in [0.25, 0.3) is 5.65 Å². The smallest absolute Gasteiger partial charge is 0.276 e. The van der Waals surface area contributed by atoms with E-state index in [1.54, 1.807) is 29.0 Å². The maximum Gasteiger partial charge on any atom is 0.276 e. The molecule has 1 atom stereocenters. The van der Waals surface area contributed by atoms with Gasteiger partial charge in [-0.3, -0.25) is 9.59 Å². The van der Waals surface area contributed by atoms with Crippen molar-refractivity contribution in [2.24, 2.45) is 5.92 Å². The predicted octanol–water partition coefficient (Wildman–Crippen LogP) is 4.29. The van der Waals surface area contributed by atoms with E-state index in [0.29, 0.717) is 52.2 Å². The van der Waals surface area contributed by atoms with E-state index < -0.39 is 0 Å². The maximum atomic E-state index is 13.1. The lowest BCUT2D eigenvalue weighted by molar-refractivity contribution is -0.121. The molecule has 3 aromatic rings. The number of carbonyl (C=O) groups excluding carboxylic acids is 2. The third-order valence-electron chi connectivity index (χ3n) is 7.76. The average molecular weight is 537 g/mol. The van der Waals surface area contributed by atoms with Gasteiger partial charge in [-0.05, 0) is 76.0 Å². The van der Waals surface area contributed by atoms with E-state index in [1.165, 1.54) is 0 Å². The van der Waals surface area contributed by atoms with Gasteiger partial charge in [0.05, 0.1) is 17.9 Å². The van der Waals surface area contributed by atoms with Crippen LogP contribution >= 0.6 is 11.6 Å². The van der Waals surface area contributed by atoms with Gasteiger partial charge in [0.15, 0.2) is 11.3 Å². The van der Waals surface area contributed by atoms with Crippen molar-refractivity contribution in [2.45, 2.75) is 75.9 Å². The number of amides is 1. The largest absolute Gasteiger partial charge is 0.379 e. The number of pyridine rings is 1. The van der Waals surface area contributed by atoms with Crippen molar-refractivity contribution in [3.05, 3.63) is 41.4 Å². The van der Waals surface area contributed by atoms with Crippen molar-refractivity contribution in [3.63, 3.8) is 0 Å². The number of halogens is 1. The molecule has 0 spiro atoms. The van der Waals surface area contributed by atoms with Gasteiger partial charge in [-0.1, -0.05) is 11.6 Å². The molecule has 2 saturated carbocycles. The molecule has 1 amide bonds. The number of Topliss-reactive ketones (excluding diaryl/α,β-unsaturated/α-hetero) is 1. The monoisotopic (exact) mass is 536 g/mol. The Morgan fingerprint density at radius 2 is 1.82 bits per heavy atom. The summed E-state index contributed by atoms with van der Waals surface area (Å²) >= 11 is 5.97. The van der Waals surface area contributed by atoms with Crippen molar-refractivity contribution >= 4 is 46.1 Å². The average Bonchev–Trinajstić information content (AvgIpc) is 3.36. The third-order valence-corrected chi connectivity index (χ3v) is 7.97. The molecule has 200 valence electrons. The Morgan fingerprint density at radius 3 is 2.55 bits per heavy atom. The summed E-state index contributed by atoms with van der Waals surface area (Å²) in [6, 6.07) is 6.02. The van der Waals surface area contributed by atoms with Crippen LogP contribution in [-0.4, -0.2) is 55.9 Å². The van der Waals surface area contributed by atoms with Crippen LogP contribution in [0.2, 0.25) is 5.15 Å². The summed E-state index contributed by atoms with van der Waals surface area (Å²) in [6.07, 6.45) is 12.1. The fourth-order valence-electron chi connectivity index (χ4n) is 5.53. The lowest BCUT2D eigenvalue weighted by Crippen LogP contribution is -2.34. The number of aromatic nitrogens is 4. The fourth-order valence-corrected chi connectivity index (χ4v) is 5.70. The fraction of sp³-hybridized carbons (Fsp3) is 0.519. The Labute approximate surface area is 226 Å². The molecule has 1 aliphatic heterocycles. The molecule has 4 N–H and O–H groups in total. The lowest BCUT2D eigenvalue weighted by atomic mass is 9.82. The molecule has 38 heavy (non-hydrogen) atoms. The van der Waals surface area contributed by atoms with E-state index in [-0.39, 0.29) is 18.0 Å². The van der Waals surface area contributed by atoms with Gasteiger partial charge in [-0.2, -0.15) is 0 Å². The molecule has 3 aromatic heterocycles. The number of ketones is 1. The van der Waals surface area contributed by atoms with E-state index in [1.807, 2.05) is 6.07 Å². The first kappa shape index (κ1) is 25.1. The molecule has 3 fully saturated rings. The highest BCUT2D eigenvalue weighted by molar-refractivity contribution is 6.29. The molecule has 0 aromatic carbocycles. The zero-order valence-electron chi connectivity index (χ0n) is 21.3. The van der Waals surface area contributed by atoms with Gasteiger partial charge in [-0.15, -0.1) is 5.10 Å². The van der Waals surface area contributed by atoms with Crippen LogP contribution in [-0.2, 0) is 4.79 Å². The summed E-state index contributed by atoms with van der Waals surface area (Å²) in [5.41, 5.74) is 2.36. The van der Waals surface area contributed by atoms with Crippen LogP contribution in [0.15, 0.2) is 30.6 Å². The molecule has 1 saturated heterocycles. The summed E-state index contributed by atoms with van der Waals surface area (Å²) in [4.78, 5) is 34.2. The van der Waals surface area contributed by atoms with E-state index in [0.717, 1.165) is 63.6 Å². The van der Waals surface area contributed by atoms with Gasteiger partial charge in [-0.25, -0.2) is 14.5 Å². The number of nitrogens with zero attached hydrogens (tertiary/aromatic N) is 4. The molecule has 10 nitrogen and oxygen atoms in total. The van der Waals surface area contributed by atoms with E-state index in [2.05, 4.69) is 31.2 Å². The van der Waals surface area contributed by atoms with Crippen LogP contribution in [0.1, 0.15) is 68.3 Å². The predicted molar refractivity (Wildman–Crippen MR) is 147 cm³/mol. The molecule has 11 heteroatoms. The lowest BCUT2D eigenvalue weighted by Gasteiger charge is -2.29. The second-order valence-electron chi connectivity index (χ2n) is 10.7. The second-order valence-corrected chi connectivity index (χ2v) is 11.1. The molecule has 0 unspecified atom stereocenters. The Kier molecular flexibility index (Phi) is 7.16. The number of hydrogen-bond donors (Lipinski definition) is 4. The van der Waals surface area contributed by atoms with Gasteiger partial charge < -0.3 is 21.3 Å². The molecule has 4 heterocycles. The molecule has 2 aliphatic carbocycles. The van der Waals surface area contributed by atoms with Crippen molar-refractivity contribution in [1.29, 1.82) is 0 Å². The van der Waals surface area contributed by atoms with Crippen LogP contribution in [0, 0.1) is 5.92 Å². The zero-order valence-corrected chi connectivity index (χ0v) is 22.0. The number of rotatable bonds is 9. The Bertz CT molecular complexity index is 1330. The van der Waals surface area contributed by atoms with Crippen molar-refractivity contribution in [1.82, 2.24) is 24.9 Å². The number of imidazole rings is 1. The van der Waals surface area contributed by atoms with Crippen LogP contribution < -0.4 is 21.3 Å². The standard InChI is InChI=1S/C27H33ClN8O2/c28-24-13-19(9-11-30-24)34-27(38)22-15-31-26-21(32-17-7-8-17)14-25(35-36(22)26)33-18-5-3-16(4-6-18)12-23(37)20-2-1-10-29-20/h9,11,13-18,20,29,32H,1-8,10,12H2,(H,33,35)(H,30,34,38)/t16?,18?,20-/m0/s1. The quantitative estimate of drug-likeness (QED) is 0.298. The highest BCUT2D eigenvalue weighted by atomic mass is 35.5. The van der Waals surface area contributed by atoms with Gasteiger partial charge in [0.1, 0.15) is 16.8 Å². The highest BCUT2D eigenvalue weighted by Gasteiger charge is 2.29. The van der Waals surface area contributed by atoms with Gasteiger partial charge in [0, 0.05) is 36.5 Å². The Balaban J connectivity index is 1.16. The minimum absolute atomic E-state index is 0.0660. The van der Waals surface area contributed by atoms with E-state index in [9.17, 15) is 9.59 Å². The molecular formula is C27H33ClN8O2. The summed E-state index contributed by atoms with van der Waals surface area (Å²) in [6.45, 7) is 0.959. The van der Waals surface area contributed by atoms with Crippen LogP contribution in [0.3, 0.4) is 0 Å². The molecule has 0 bridgehead atoms. The summed E-state index contributed by atoms with van der Waals surface area (Å²) in [7, 11) is 0. The Morgan fingerprint density at radius 1 is 1.03 bits per heavy atom. The first-order chi connectivity index (χ1) is 18.5. The van der Waals surface area contributed by atoms with Gasteiger partial charge >= 0.3 is 0 Å². The minimum atomic E-state index is -0.330. The summed E-state index contributed by atoms with van der Waals surface area (Å²) in [5.74, 6) is 1.20. The number of anilines is 3. The van der Waals surface area contributed by atoms with Crippen molar-refractivity contribution in [2.75, 3.05) is 22.5 Å². The zero-order chi connectivity index (χ0) is 26.1. The van der Waals surface area contributed by atoms with E-state index >= 15 is 0 Å². The van der Waals surface area contributed by atoms with E-state index in [4.69, 9.17) is 16.7 Å². The third kappa shape index (κ3) is 5.76. The van der Waals surface area contributed by atoms with Crippen molar-refractivity contribution in [3.8, 4) is 0 Å². The highest BCUT2D eigenvalue weighted by Crippen LogP contribution is 2.32.